The fourth-order valence-electron chi connectivity index (χ4n) is 3.83. The van der Waals surface area contributed by atoms with Crippen molar-refractivity contribution in [2.75, 3.05) is 19.2 Å². The highest BCUT2D eigenvalue weighted by Gasteiger charge is 2.31. The van der Waals surface area contributed by atoms with Crippen molar-refractivity contribution in [3.63, 3.8) is 0 Å². The summed E-state index contributed by atoms with van der Waals surface area (Å²) in [5.74, 6) is 2.85. The number of fused-ring (bicyclic) bond motifs is 2. The largest absolute Gasteiger partial charge is 0.496 e. The highest BCUT2D eigenvalue weighted by Crippen LogP contribution is 2.41. The zero-order chi connectivity index (χ0) is 19.1. The van der Waals surface area contributed by atoms with E-state index in [1.165, 1.54) is 0 Å². The molecule has 2 aliphatic rings. The number of nitrogens with zero attached hydrogens (tertiary/aromatic N) is 2. The molecule has 1 amide bonds. The number of hydrogen-bond donors (Lipinski definition) is 1. The summed E-state index contributed by atoms with van der Waals surface area (Å²) in [6.07, 6.45) is 2.20. The van der Waals surface area contributed by atoms with Crippen LogP contribution in [0.3, 0.4) is 0 Å². The number of amides is 1. The van der Waals surface area contributed by atoms with Crippen molar-refractivity contribution in [1.29, 1.82) is 0 Å². The Labute approximate surface area is 161 Å². The van der Waals surface area contributed by atoms with E-state index in [0.29, 0.717) is 13.0 Å². The second-order valence-electron chi connectivity index (χ2n) is 6.84. The number of benzene rings is 2. The quantitative estimate of drug-likeness (QED) is 0.756. The lowest BCUT2D eigenvalue weighted by Crippen LogP contribution is -2.25. The Morgan fingerprint density at radius 2 is 2.04 bits per heavy atom. The maximum Gasteiger partial charge on any atom is 0.231 e. The summed E-state index contributed by atoms with van der Waals surface area (Å²) in [5.41, 5.74) is 3.00. The van der Waals surface area contributed by atoms with Gasteiger partial charge in [0.25, 0.3) is 0 Å². The Morgan fingerprint density at radius 3 is 2.93 bits per heavy atom. The van der Waals surface area contributed by atoms with Gasteiger partial charge in [-0.2, -0.15) is 5.10 Å². The number of rotatable bonds is 4. The van der Waals surface area contributed by atoms with Crippen LogP contribution in [-0.2, 0) is 11.3 Å². The third-order valence-electron chi connectivity index (χ3n) is 5.17. The minimum atomic E-state index is -0.0922. The second kappa shape index (κ2) is 6.60. The molecule has 0 bridgehead atoms. The van der Waals surface area contributed by atoms with Gasteiger partial charge in [0.05, 0.1) is 19.9 Å². The maximum atomic E-state index is 12.4. The van der Waals surface area contributed by atoms with Crippen molar-refractivity contribution >= 4 is 11.7 Å². The number of carbonyl (C=O) groups excluding carboxylic acids is 1. The average molecular weight is 377 g/mol. The molecule has 2 aromatic carbocycles. The first-order chi connectivity index (χ1) is 13.7. The second-order valence-corrected chi connectivity index (χ2v) is 6.84. The molecule has 1 atom stereocenters. The molecule has 0 aliphatic carbocycles. The SMILES string of the molecule is COc1ccccc1C1CC(=O)Nc2c1cnn2Cc1ccc2c(c1)OCO2. The van der Waals surface area contributed by atoms with Crippen LogP contribution in [0.5, 0.6) is 17.2 Å². The van der Waals surface area contributed by atoms with E-state index in [0.717, 1.165) is 39.8 Å². The Bertz CT molecular complexity index is 1060. The van der Waals surface area contributed by atoms with E-state index < -0.39 is 0 Å². The van der Waals surface area contributed by atoms with Gasteiger partial charge in [-0.15, -0.1) is 0 Å². The third kappa shape index (κ3) is 2.76. The summed E-state index contributed by atoms with van der Waals surface area (Å²) in [5, 5.41) is 7.52. The Kier molecular flexibility index (Phi) is 3.93. The van der Waals surface area contributed by atoms with Gasteiger partial charge in [-0.05, 0) is 23.8 Å². The monoisotopic (exact) mass is 377 g/mol. The first-order valence-electron chi connectivity index (χ1n) is 9.10. The number of para-hydroxylation sites is 1. The number of carbonyl (C=O) groups is 1. The van der Waals surface area contributed by atoms with E-state index in [1.807, 2.05) is 53.3 Å². The van der Waals surface area contributed by atoms with Crippen LogP contribution < -0.4 is 19.5 Å². The molecule has 1 N–H and O–H groups in total. The van der Waals surface area contributed by atoms with Crippen molar-refractivity contribution in [1.82, 2.24) is 9.78 Å². The van der Waals surface area contributed by atoms with Crippen LogP contribution in [0.25, 0.3) is 0 Å². The predicted octanol–water partition coefficient (Wildman–Crippen LogP) is 3.14. The van der Waals surface area contributed by atoms with E-state index in [2.05, 4.69) is 10.4 Å². The normalized spacial score (nSPS) is 17.2. The van der Waals surface area contributed by atoms with Crippen molar-refractivity contribution in [2.24, 2.45) is 0 Å². The van der Waals surface area contributed by atoms with Crippen LogP contribution in [0.4, 0.5) is 5.82 Å². The lowest BCUT2D eigenvalue weighted by atomic mass is 9.87. The number of anilines is 1. The fourth-order valence-corrected chi connectivity index (χ4v) is 3.83. The topological polar surface area (TPSA) is 74.6 Å². The highest BCUT2D eigenvalue weighted by molar-refractivity contribution is 5.94. The van der Waals surface area contributed by atoms with Gasteiger partial charge in [0.2, 0.25) is 12.7 Å². The molecule has 0 spiro atoms. The van der Waals surface area contributed by atoms with Gasteiger partial charge < -0.3 is 19.5 Å². The van der Waals surface area contributed by atoms with E-state index in [-0.39, 0.29) is 18.6 Å². The lowest BCUT2D eigenvalue weighted by Gasteiger charge is -2.25. The van der Waals surface area contributed by atoms with Crippen LogP contribution in [-0.4, -0.2) is 29.6 Å². The summed E-state index contributed by atoms with van der Waals surface area (Å²) in [4.78, 5) is 12.4. The summed E-state index contributed by atoms with van der Waals surface area (Å²) in [6.45, 7) is 0.761. The van der Waals surface area contributed by atoms with Crippen LogP contribution in [0.2, 0.25) is 0 Å². The number of ether oxygens (including phenoxy) is 3. The van der Waals surface area contributed by atoms with Crippen LogP contribution in [0.1, 0.15) is 29.0 Å². The third-order valence-corrected chi connectivity index (χ3v) is 5.17. The summed E-state index contributed by atoms with van der Waals surface area (Å²) < 4.78 is 18.1. The number of aromatic nitrogens is 2. The zero-order valence-electron chi connectivity index (χ0n) is 15.3. The maximum absolute atomic E-state index is 12.4. The smallest absolute Gasteiger partial charge is 0.231 e. The van der Waals surface area contributed by atoms with E-state index in [9.17, 15) is 4.79 Å². The van der Waals surface area contributed by atoms with Crippen molar-refractivity contribution in [3.8, 4) is 17.2 Å². The molecule has 3 heterocycles. The van der Waals surface area contributed by atoms with Crippen LogP contribution in [0, 0.1) is 0 Å². The molecular formula is C21H19N3O4. The van der Waals surface area contributed by atoms with Gasteiger partial charge in [0.15, 0.2) is 11.5 Å². The van der Waals surface area contributed by atoms with Gasteiger partial charge >= 0.3 is 0 Å². The first kappa shape index (κ1) is 16.7. The van der Waals surface area contributed by atoms with E-state index >= 15 is 0 Å². The van der Waals surface area contributed by atoms with Crippen LogP contribution in [0.15, 0.2) is 48.7 Å². The molecule has 2 aliphatic heterocycles. The molecule has 7 nitrogen and oxygen atoms in total. The average Bonchev–Trinajstić information content (AvgIpc) is 3.34. The molecule has 142 valence electrons. The fraction of sp³-hybridized carbons (Fsp3) is 0.238. The van der Waals surface area contributed by atoms with Gasteiger partial charge in [-0.3, -0.25) is 4.79 Å². The highest BCUT2D eigenvalue weighted by atomic mass is 16.7. The molecule has 0 saturated heterocycles. The molecule has 3 aromatic rings. The molecular weight excluding hydrogens is 358 g/mol. The first-order valence-corrected chi connectivity index (χ1v) is 9.10. The van der Waals surface area contributed by atoms with Crippen molar-refractivity contribution in [2.45, 2.75) is 18.9 Å². The molecule has 1 unspecified atom stereocenters. The molecule has 5 rings (SSSR count). The zero-order valence-corrected chi connectivity index (χ0v) is 15.3. The van der Waals surface area contributed by atoms with Gasteiger partial charge in [-0.1, -0.05) is 24.3 Å². The number of methoxy groups -OCH3 is 1. The predicted molar refractivity (Wildman–Crippen MR) is 102 cm³/mol. The standard InChI is InChI=1S/C21H19N3O4/c1-26-17-5-3-2-4-14(17)15-9-20(25)23-21-16(15)10-22-24(21)11-13-6-7-18-19(8-13)28-12-27-18/h2-8,10,15H,9,11-12H2,1H3,(H,23,25). The molecule has 0 fully saturated rings. The number of nitrogens with one attached hydrogen (secondary N) is 1. The summed E-state index contributed by atoms with van der Waals surface area (Å²) in [7, 11) is 1.64. The molecule has 1 aromatic heterocycles. The minimum Gasteiger partial charge on any atom is -0.496 e. The lowest BCUT2D eigenvalue weighted by molar-refractivity contribution is -0.116. The van der Waals surface area contributed by atoms with Crippen LogP contribution >= 0.6 is 0 Å². The molecule has 28 heavy (non-hydrogen) atoms. The molecule has 7 heteroatoms. The Hall–Kier alpha value is -3.48. The Balaban J connectivity index is 1.50. The minimum absolute atomic E-state index is 0.0316. The van der Waals surface area contributed by atoms with E-state index in [1.54, 1.807) is 7.11 Å². The van der Waals surface area contributed by atoms with Gasteiger partial charge in [0, 0.05) is 23.5 Å². The van der Waals surface area contributed by atoms with Crippen molar-refractivity contribution < 1.29 is 19.0 Å². The molecule has 0 radical (unpaired) electrons. The number of hydrogen-bond acceptors (Lipinski definition) is 5. The molecule has 0 saturated carbocycles. The van der Waals surface area contributed by atoms with Crippen molar-refractivity contribution in [3.05, 3.63) is 65.4 Å². The van der Waals surface area contributed by atoms with Gasteiger partial charge in [-0.25, -0.2) is 4.68 Å². The Morgan fingerprint density at radius 1 is 1.18 bits per heavy atom. The van der Waals surface area contributed by atoms with Gasteiger partial charge in [0.1, 0.15) is 11.6 Å². The summed E-state index contributed by atoms with van der Waals surface area (Å²) in [6, 6.07) is 13.6. The summed E-state index contributed by atoms with van der Waals surface area (Å²) >= 11 is 0. The van der Waals surface area contributed by atoms with E-state index in [4.69, 9.17) is 14.2 Å².